The molecular weight excluding hydrogens is 248 g/mol. The van der Waals surface area contributed by atoms with Gasteiger partial charge in [0.05, 0.1) is 6.61 Å². The van der Waals surface area contributed by atoms with E-state index in [0.29, 0.717) is 6.04 Å². The standard InChI is InChI=1S/C17H30N2O/c1-5-15(6-2)19(12-13-20-4)16-10-8-14(9-11-16)17(18)7-3/h8-11,15,17H,5-7,12-13,18H2,1-4H3/t17-/m0/s1. The summed E-state index contributed by atoms with van der Waals surface area (Å²) in [5.41, 5.74) is 8.56. The van der Waals surface area contributed by atoms with Gasteiger partial charge in [-0.1, -0.05) is 32.9 Å². The van der Waals surface area contributed by atoms with Crippen LogP contribution < -0.4 is 10.6 Å². The van der Waals surface area contributed by atoms with E-state index in [-0.39, 0.29) is 6.04 Å². The Morgan fingerprint density at radius 2 is 1.65 bits per heavy atom. The van der Waals surface area contributed by atoms with Crippen molar-refractivity contribution >= 4 is 5.69 Å². The third-order valence-corrected chi connectivity index (χ3v) is 4.01. The number of anilines is 1. The monoisotopic (exact) mass is 278 g/mol. The van der Waals surface area contributed by atoms with Crippen LogP contribution in [0.2, 0.25) is 0 Å². The van der Waals surface area contributed by atoms with Crippen LogP contribution in [0.5, 0.6) is 0 Å². The Hall–Kier alpha value is -1.06. The molecule has 0 aliphatic rings. The molecule has 0 unspecified atom stereocenters. The number of nitrogens with two attached hydrogens (primary N) is 1. The molecule has 114 valence electrons. The molecular formula is C17H30N2O. The van der Waals surface area contributed by atoms with Gasteiger partial charge in [0.2, 0.25) is 0 Å². The van der Waals surface area contributed by atoms with Crippen molar-refractivity contribution in [1.29, 1.82) is 0 Å². The minimum absolute atomic E-state index is 0.143. The van der Waals surface area contributed by atoms with Crippen LogP contribution in [-0.4, -0.2) is 26.3 Å². The van der Waals surface area contributed by atoms with Crippen molar-refractivity contribution < 1.29 is 4.74 Å². The third-order valence-electron chi connectivity index (χ3n) is 4.01. The van der Waals surface area contributed by atoms with E-state index in [1.165, 1.54) is 11.3 Å². The van der Waals surface area contributed by atoms with E-state index >= 15 is 0 Å². The van der Waals surface area contributed by atoms with Gasteiger partial charge in [0.1, 0.15) is 0 Å². The van der Waals surface area contributed by atoms with Gasteiger partial charge in [-0.05, 0) is 37.0 Å². The first-order chi connectivity index (χ1) is 9.67. The van der Waals surface area contributed by atoms with Gasteiger partial charge in [0.15, 0.2) is 0 Å². The minimum Gasteiger partial charge on any atom is -0.383 e. The summed E-state index contributed by atoms with van der Waals surface area (Å²) in [7, 11) is 1.76. The molecule has 0 fully saturated rings. The summed E-state index contributed by atoms with van der Waals surface area (Å²) in [6, 6.07) is 9.41. The lowest BCUT2D eigenvalue weighted by atomic mass is 10.0. The fourth-order valence-electron chi connectivity index (χ4n) is 2.59. The first-order valence-corrected chi connectivity index (χ1v) is 7.78. The fourth-order valence-corrected chi connectivity index (χ4v) is 2.59. The molecule has 1 rings (SSSR count). The van der Waals surface area contributed by atoms with Crippen molar-refractivity contribution in [2.75, 3.05) is 25.2 Å². The zero-order valence-corrected chi connectivity index (χ0v) is 13.4. The van der Waals surface area contributed by atoms with Gasteiger partial charge >= 0.3 is 0 Å². The molecule has 0 amide bonds. The van der Waals surface area contributed by atoms with Crippen LogP contribution in [0.4, 0.5) is 5.69 Å². The highest BCUT2D eigenvalue weighted by atomic mass is 16.5. The maximum Gasteiger partial charge on any atom is 0.0637 e. The van der Waals surface area contributed by atoms with Gasteiger partial charge in [0.25, 0.3) is 0 Å². The number of methoxy groups -OCH3 is 1. The smallest absolute Gasteiger partial charge is 0.0637 e. The fraction of sp³-hybridized carbons (Fsp3) is 0.647. The van der Waals surface area contributed by atoms with Crippen LogP contribution in [0.25, 0.3) is 0 Å². The molecule has 1 aromatic carbocycles. The third kappa shape index (κ3) is 4.50. The molecule has 0 aliphatic heterocycles. The Morgan fingerprint density at radius 3 is 2.10 bits per heavy atom. The first-order valence-electron chi connectivity index (χ1n) is 7.78. The summed E-state index contributed by atoms with van der Waals surface area (Å²) in [6.07, 6.45) is 3.27. The Labute approximate surface area is 124 Å². The number of rotatable bonds is 9. The number of benzene rings is 1. The van der Waals surface area contributed by atoms with Gasteiger partial charge in [0, 0.05) is 31.4 Å². The predicted octanol–water partition coefficient (Wildman–Crippen LogP) is 3.74. The average molecular weight is 278 g/mol. The van der Waals surface area contributed by atoms with Gasteiger partial charge < -0.3 is 15.4 Å². The quantitative estimate of drug-likeness (QED) is 0.748. The van der Waals surface area contributed by atoms with Crippen molar-refractivity contribution in [3.63, 3.8) is 0 Å². The molecule has 20 heavy (non-hydrogen) atoms. The molecule has 0 bridgehead atoms. The summed E-state index contributed by atoms with van der Waals surface area (Å²) in [5, 5.41) is 0. The van der Waals surface area contributed by atoms with Crippen LogP contribution >= 0.6 is 0 Å². The first kappa shape index (κ1) is 17.0. The molecule has 3 nitrogen and oxygen atoms in total. The minimum atomic E-state index is 0.143. The molecule has 0 radical (unpaired) electrons. The number of ether oxygens (including phenoxy) is 1. The highest BCUT2D eigenvalue weighted by Gasteiger charge is 2.15. The Bertz CT molecular complexity index is 360. The van der Waals surface area contributed by atoms with Crippen molar-refractivity contribution in [1.82, 2.24) is 0 Å². The lowest BCUT2D eigenvalue weighted by Gasteiger charge is -2.32. The second-order valence-corrected chi connectivity index (χ2v) is 5.26. The second kappa shape index (κ2) is 8.98. The number of nitrogens with zero attached hydrogens (tertiary/aromatic N) is 1. The average Bonchev–Trinajstić information content (AvgIpc) is 2.51. The molecule has 0 saturated carbocycles. The maximum absolute atomic E-state index is 6.08. The van der Waals surface area contributed by atoms with E-state index in [4.69, 9.17) is 10.5 Å². The second-order valence-electron chi connectivity index (χ2n) is 5.26. The van der Waals surface area contributed by atoms with E-state index in [9.17, 15) is 0 Å². The summed E-state index contributed by atoms with van der Waals surface area (Å²) in [5.74, 6) is 0. The van der Waals surface area contributed by atoms with E-state index in [1.807, 2.05) is 0 Å². The SMILES string of the molecule is CCC(CC)N(CCOC)c1ccc([C@@H](N)CC)cc1. The molecule has 0 heterocycles. The van der Waals surface area contributed by atoms with Crippen LogP contribution in [0.15, 0.2) is 24.3 Å². The molecule has 3 heteroatoms. The van der Waals surface area contributed by atoms with Crippen molar-refractivity contribution in [2.24, 2.45) is 5.73 Å². The van der Waals surface area contributed by atoms with Crippen LogP contribution in [0, 0.1) is 0 Å². The summed E-state index contributed by atoms with van der Waals surface area (Å²) in [6.45, 7) is 8.30. The molecule has 1 atom stereocenters. The Balaban J connectivity index is 2.89. The van der Waals surface area contributed by atoms with E-state index < -0.39 is 0 Å². The van der Waals surface area contributed by atoms with Crippen LogP contribution in [0.1, 0.15) is 51.6 Å². The largest absolute Gasteiger partial charge is 0.383 e. The molecule has 0 aliphatic carbocycles. The normalized spacial score (nSPS) is 12.7. The van der Waals surface area contributed by atoms with Gasteiger partial charge in [-0.15, -0.1) is 0 Å². The molecule has 0 spiro atoms. The van der Waals surface area contributed by atoms with Crippen LogP contribution in [-0.2, 0) is 4.74 Å². The van der Waals surface area contributed by atoms with Gasteiger partial charge in [-0.3, -0.25) is 0 Å². The summed E-state index contributed by atoms with van der Waals surface area (Å²) >= 11 is 0. The predicted molar refractivity (Wildman–Crippen MR) is 87.3 cm³/mol. The topological polar surface area (TPSA) is 38.5 Å². The number of hydrogen-bond donors (Lipinski definition) is 1. The van der Waals surface area contributed by atoms with Crippen LogP contribution in [0.3, 0.4) is 0 Å². The lowest BCUT2D eigenvalue weighted by molar-refractivity contribution is 0.202. The Morgan fingerprint density at radius 1 is 1.05 bits per heavy atom. The molecule has 1 aromatic rings. The van der Waals surface area contributed by atoms with Gasteiger partial charge in [-0.2, -0.15) is 0 Å². The van der Waals surface area contributed by atoms with Crippen molar-refractivity contribution in [3.8, 4) is 0 Å². The zero-order valence-electron chi connectivity index (χ0n) is 13.4. The number of hydrogen-bond acceptors (Lipinski definition) is 3. The highest BCUT2D eigenvalue weighted by molar-refractivity contribution is 5.49. The van der Waals surface area contributed by atoms with E-state index in [1.54, 1.807) is 7.11 Å². The van der Waals surface area contributed by atoms with E-state index in [0.717, 1.165) is 32.4 Å². The van der Waals surface area contributed by atoms with Gasteiger partial charge in [-0.25, -0.2) is 0 Å². The summed E-state index contributed by atoms with van der Waals surface area (Å²) < 4.78 is 5.25. The zero-order chi connectivity index (χ0) is 15.0. The Kier molecular flexibility index (Phi) is 7.63. The highest BCUT2D eigenvalue weighted by Crippen LogP contribution is 2.23. The maximum atomic E-state index is 6.08. The lowest BCUT2D eigenvalue weighted by Crippen LogP contribution is -2.37. The van der Waals surface area contributed by atoms with Crippen molar-refractivity contribution in [2.45, 2.75) is 52.1 Å². The molecule has 0 saturated heterocycles. The van der Waals surface area contributed by atoms with Crippen molar-refractivity contribution in [3.05, 3.63) is 29.8 Å². The molecule has 2 N–H and O–H groups in total. The summed E-state index contributed by atoms with van der Waals surface area (Å²) in [4.78, 5) is 2.45. The van der Waals surface area contributed by atoms with E-state index in [2.05, 4.69) is 49.9 Å². The molecule has 0 aromatic heterocycles.